The Hall–Kier alpha value is -1.47. The molecule has 0 spiro atoms. The molecule has 0 aliphatic rings. The highest BCUT2D eigenvalue weighted by atomic mass is 19.1. The maximum Gasteiger partial charge on any atom is 0.330 e. The molecule has 0 saturated heterocycles. The normalized spacial score (nSPS) is 12.5. The van der Waals surface area contributed by atoms with Gasteiger partial charge in [-0.2, -0.15) is 4.39 Å². The summed E-state index contributed by atoms with van der Waals surface area (Å²) in [6.07, 6.45) is 10.9. The van der Waals surface area contributed by atoms with Crippen molar-refractivity contribution in [2.24, 2.45) is 0 Å². The van der Waals surface area contributed by atoms with Gasteiger partial charge in [-0.25, -0.2) is 4.79 Å². The lowest BCUT2D eigenvalue weighted by atomic mass is 10.1. The summed E-state index contributed by atoms with van der Waals surface area (Å²) in [5.74, 6) is -1.06. The van der Waals surface area contributed by atoms with Crippen molar-refractivity contribution in [2.75, 3.05) is 0 Å². The third-order valence-electron chi connectivity index (χ3n) is 3.93. The Balaban J connectivity index is 2.10. The fraction of sp³-hybridized carbons (Fsp3) is 0.765. The predicted octanol–water partition coefficient (Wildman–Crippen LogP) is 2.89. The summed E-state index contributed by atoms with van der Waals surface area (Å²) in [4.78, 5) is 24.1. The maximum atomic E-state index is 13.1. The zero-order valence-electron chi connectivity index (χ0n) is 14.4. The van der Waals surface area contributed by atoms with Crippen LogP contribution < -0.4 is 11.2 Å². The molecule has 0 fully saturated rings. The van der Waals surface area contributed by atoms with Gasteiger partial charge in [0.15, 0.2) is 6.29 Å². The Labute approximate surface area is 141 Å². The molecule has 1 unspecified atom stereocenters. The summed E-state index contributed by atoms with van der Waals surface area (Å²) in [5, 5.41) is 9.72. The summed E-state index contributed by atoms with van der Waals surface area (Å²) >= 11 is 0. The molecule has 0 aromatic carbocycles. The lowest BCUT2D eigenvalue weighted by Gasteiger charge is -2.12. The Morgan fingerprint density at radius 1 is 1.12 bits per heavy atom. The standard InChI is InChI=1S/C17H29FN2O4/c1-2-3-4-5-6-7-8-9-10-11-15(21)24-13-20-12-14(18)16(22)19-17(20)23/h12,15,21H,2-11,13H2,1H3,(H,19,22,23). The molecule has 1 atom stereocenters. The zero-order valence-corrected chi connectivity index (χ0v) is 14.4. The van der Waals surface area contributed by atoms with E-state index in [0.717, 1.165) is 30.0 Å². The molecule has 1 heterocycles. The van der Waals surface area contributed by atoms with Gasteiger partial charge in [0, 0.05) is 0 Å². The number of nitrogens with one attached hydrogen (secondary N) is 1. The van der Waals surface area contributed by atoms with E-state index in [0.29, 0.717) is 6.42 Å². The quantitative estimate of drug-likeness (QED) is 0.426. The number of hydrogen-bond acceptors (Lipinski definition) is 4. The molecule has 0 radical (unpaired) electrons. The number of aromatic amines is 1. The number of aromatic nitrogens is 2. The minimum atomic E-state index is -1.06. The fourth-order valence-corrected chi connectivity index (χ4v) is 2.46. The topological polar surface area (TPSA) is 84.3 Å². The molecule has 6 nitrogen and oxygen atoms in total. The lowest BCUT2D eigenvalue weighted by molar-refractivity contribution is -0.130. The minimum Gasteiger partial charge on any atom is -0.368 e. The molecule has 0 aliphatic carbocycles. The number of aliphatic hydroxyl groups is 1. The minimum absolute atomic E-state index is 0.300. The number of nitrogens with zero attached hydrogens (tertiary/aromatic N) is 1. The molecule has 0 amide bonds. The molecule has 1 rings (SSSR count). The molecular formula is C17H29FN2O4. The Kier molecular flexibility index (Phi) is 10.3. The number of unbranched alkanes of at least 4 members (excludes halogenated alkanes) is 8. The molecule has 24 heavy (non-hydrogen) atoms. The maximum absolute atomic E-state index is 13.1. The molecule has 7 heteroatoms. The van der Waals surface area contributed by atoms with E-state index < -0.39 is 23.4 Å². The summed E-state index contributed by atoms with van der Waals surface area (Å²) in [6.45, 7) is 1.91. The first-order valence-corrected chi connectivity index (χ1v) is 8.83. The van der Waals surface area contributed by atoms with Crippen LogP contribution in [0.2, 0.25) is 0 Å². The van der Waals surface area contributed by atoms with Crippen LogP contribution in [0.15, 0.2) is 15.8 Å². The molecule has 1 aromatic heterocycles. The van der Waals surface area contributed by atoms with Crippen LogP contribution in [0, 0.1) is 5.82 Å². The van der Waals surface area contributed by atoms with Crippen LogP contribution in [0.5, 0.6) is 0 Å². The van der Waals surface area contributed by atoms with Gasteiger partial charge in [-0.1, -0.05) is 58.3 Å². The van der Waals surface area contributed by atoms with Gasteiger partial charge in [0.2, 0.25) is 5.82 Å². The van der Waals surface area contributed by atoms with E-state index >= 15 is 0 Å². The monoisotopic (exact) mass is 344 g/mol. The molecule has 2 N–H and O–H groups in total. The molecule has 0 aliphatic heterocycles. The first-order valence-electron chi connectivity index (χ1n) is 8.83. The molecule has 138 valence electrons. The van der Waals surface area contributed by atoms with Crippen LogP contribution in [0.25, 0.3) is 0 Å². The molecular weight excluding hydrogens is 315 g/mol. The first-order chi connectivity index (χ1) is 11.5. The van der Waals surface area contributed by atoms with Gasteiger partial charge in [-0.15, -0.1) is 0 Å². The van der Waals surface area contributed by atoms with E-state index in [1.165, 1.54) is 38.5 Å². The second kappa shape index (κ2) is 12.0. The number of rotatable bonds is 13. The number of aliphatic hydroxyl groups excluding tert-OH is 1. The van der Waals surface area contributed by atoms with E-state index in [4.69, 9.17) is 4.74 Å². The van der Waals surface area contributed by atoms with Crippen molar-refractivity contribution in [1.82, 2.24) is 9.55 Å². The Morgan fingerprint density at radius 3 is 2.33 bits per heavy atom. The average Bonchev–Trinajstić information content (AvgIpc) is 2.55. The summed E-state index contributed by atoms with van der Waals surface area (Å²) < 4.78 is 19.1. The van der Waals surface area contributed by atoms with Crippen molar-refractivity contribution in [1.29, 1.82) is 0 Å². The van der Waals surface area contributed by atoms with Crippen LogP contribution in [0.3, 0.4) is 0 Å². The van der Waals surface area contributed by atoms with Gasteiger partial charge >= 0.3 is 5.69 Å². The Morgan fingerprint density at radius 2 is 1.71 bits per heavy atom. The van der Waals surface area contributed by atoms with Gasteiger partial charge in [-0.05, 0) is 12.8 Å². The smallest absolute Gasteiger partial charge is 0.330 e. The van der Waals surface area contributed by atoms with Crippen molar-refractivity contribution in [3.63, 3.8) is 0 Å². The van der Waals surface area contributed by atoms with Gasteiger partial charge in [-0.3, -0.25) is 14.3 Å². The summed E-state index contributed by atoms with van der Waals surface area (Å²) in [5.41, 5.74) is -1.83. The summed E-state index contributed by atoms with van der Waals surface area (Å²) in [7, 11) is 0. The fourth-order valence-electron chi connectivity index (χ4n) is 2.46. The zero-order chi connectivity index (χ0) is 17.8. The van der Waals surface area contributed by atoms with Crippen LogP contribution in [0.1, 0.15) is 71.1 Å². The average molecular weight is 344 g/mol. The van der Waals surface area contributed by atoms with Crippen molar-refractivity contribution < 1.29 is 14.2 Å². The lowest BCUT2D eigenvalue weighted by Crippen LogP contribution is -2.32. The van der Waals surface area contributed by atoms with Crippen LogP contribution in [-0.4, -0.2) is 20.9 Å². The predicted molar refractivity (Wildman–Crippen MR) is 90.2 cm³/mol. The van der Waals surface area contributed by atoms with Crippen molar-refractivity contribution >= 4 is 0 Å². The Bertz CT molecular complexity index is 570. The number of H-pyrrole nitrogens is 1. The van der Waals surface area contributed by atoms with E-state index in [9.17, 15) is 19.1 Å². The number of ether oxygens (including phenoxy) is 1. The van der Waals surface area contributed by atoms with E-state index in [1.54, 1.807) is 0 Å². The second-order valence-electron chi connectivity index (χ2n) is 6.07. The third-order valence-corrected chi connectivity index (χ3v) is 3.93. The summed E-state index contributed by atoms with van der Waals surface area (Å²) in [6, 6.07) is 0. The molecule has 0 saturated carbocycles. The van der Waals surface area contributed by atoms with E-state index in [2.05, 4.69) is 6.92 Å². The van der Waals surface area contributed by atoms with Gasteiger partial charge in [0.25, 0.3) is 5.56 Å². The molecule has 0 bridgehead atoms. The van der Waals surface area contributed by atoms with Gasteiger partial charge in [0.1, 0.15) is 6.73 Å². The third kappa shape index (κ3) is 8.40. The van der Waals surface area contributed by atoms with E-state index in [-0.39, 0.29) is 6.73 Å². The van der Waals surface area contributed by atoms with Gasteiger partial charge in [0.05, 0.1) is 6.20 Å². The van der Waals surface area contributed by atoms with Crippen molar-refractivity contribution in [3.05, 3.63) is 32.9 Å². The van der Waals surface area contributed by atoms with Crippen molar-refractivity contribution in [3.8, 4) is 0 Å². The SMILES string of the molecule is CCCCCCCCCCCC(O)OCn1cc(F)c(=O)[nH]c1=O. The van der Waals surface area contributed by atoms with Crippen molar-refractivity contribution in [2.45, 2.75) is 84.2 Å². The number of hydrogen-bond donors (Lipinski definition) is 2. The van der Waals surface area contributed by atoms with E-state index in [1.807, 2.05) is 4.98 Å². The highest BCUT2D eigenvalue weighted by Gasteiger charge is 2.07. The van der Waals surface area contributed by atoms with Crippen LogP contribution in [0.4, 0.5) is 4.39 Å². The largest absolute Gasteiger partial charge is 0.368 e. The highest BCUT2D eigenvalue weighted by Crippen LogP contribution is 2.11. The van der Waals surface area contributed by atoms with Gasteiger partial charge < -0.3 is 9.84 Å². The molecule has 1 aromatic rings. The van der Waals surface area contributed by atoms with Crippen LogP contribution >= 0.6 is 0 Å². The second-order valence-corrected chi connectivity index (χ2v) is 6.07. The number of halogens is 1. The van der Waals surface area contributed by atoms with Crippen LogP contribution in [-0.2, 0) is 11.5 Å². The highest BCUT2D eigenvalue weighted by molar-refractivity contribution is 4.86. The first kappa shape index (κ1) is 20.6.